The molecular weight excluding hydrogens is 334 g/mol. The van der Waals surface area contributed by atoms with Gasteiger partial charge in [-0.1, -0.05) is 0 Å². The van der Waals surface area contributed by atoms with E-state index < -0.39 is 10.0 Å². The molecule has 6 nitrogen and oxygen atoms in total. The number of pyridine rings is 1. The van der Waals surface area contributed by atoms with Crippen molar-refractivity contribution < 1.29 is 13.2 Å². The third-order valence-electron chi connectivity index (χ3n) is 2.46. The number of sulfonamides is 1. The molecule has 0 bridgehead atoms. The standard InChI is InChI=1S/C11H18BrN3O3S/c1-8(4-5-18-3)15-19(16,17)10-6-9(12)7-14-11(10)13-2/h6-8,15H,4-5H2,1-3H3,(H,13,14). The number of methoxy groups -OCH3 is 1. The number of nitrogens with zero attached hydrogens (tertiary/aromatic N) is 1. The van der Waals surface area contributed by atoms with Crippen molar-refractivity contribution in [1.82, 2.24) is 9.71 Å². The molecule has 0 spiro atoms. The lowest BCUT2D eigenvalue weighted by Gasteiger charge is -2.15. The number of ether oxygens (including phenoxy) is 1. The van der Waals surface area contributed by atoms with Gasteiger partial charge in [-0.2, -0.15) is 0 Å². The Balaban J connectivity index is 2.96. The highest BCUT2D eigenvalue weighted by molar-refractivity contribution is 9.10. The minimum Gasteiger partial charge on any atom is -0.385 e. The first kappa shape index (κ1) is 16.4. The molecule has 0 radical (unpaired) electrons. The van der Waals surface area contributed by atoms with Gasteiger partial charge in [-0.3, -0.25) is 0 Å². The molecule has 0 aromatic carbocycles. The lowest BCUT2D eigenvalue weighted by atomic mass is 10.3. The Hall–Kier alpha value is -0.700. The fourth-order valence-electron chi connectivity index (χ4n) is 1.50. The molecule has 0 aliphatic rings. The number of anilines is 1. The Bertz CT molecular complexity index is 522. The van der Waals surface area contributed by atoms with Gasteiger partial charge in [0.15, 0.2) is 0 Å². The van der Waals surface area contributed by atoms with Crippen LogP contribution in [0.25, 0.3) is 0 Å². The van der Waals surface area contributed by atoms with Gasteiger partial charge in [0.05, 0.1) is 0 Å². The zero-order valence-electron chi connectivity index (χ0n) is 11.1. The molecule has 1 atom stereocenters. The van der Waals surface area contributed by atoms with Crippen LogP contribution in [0.3, 0.4) is 0 Å². The maximum Gasteiger partial charge on any atom is 0.244 e. The zero-order chi connectivity index (χ0) is 14.5. The molecule has 0 aliphatic heterocycles. The summed E-state index contributed by atoms with van der Waals surface area (Å²) in [5, 5.41) is 2.77. The molecule has 19 heavy (non-hydrogen) atoms. The van der Waals surface area contributed by atoms with Crippen LogP contribution in [0.4, 0.5) is 5.82 Å². The van der Waals surface area contributed by atoms with Gasteiger partial charge < -0.3 is 10.1 Å². The van der Waals surface area contributed by atoms with E-state index in [9.17, 15) is 8.42 Å². The van der Waals surface area contributed by atoms with Crippen LogP contribution in [0.5, 0.6) is 0 Å². The van der Waals surface area contributed by atoms with E-state index in [1.165, 1.54) is 6.07 Å². The lowest BCUT2D eigenvalue weighted by Crippen LogP contribution is -2.33. The van der Waals surface area contributed by atoms with E-state index in [-0.39, 0.29) is 10.9 Å². The van der Waals surface area contributed by atoms with Gasteiger partial charge in [-0.25, -0.2) is 18.1 Å². The normalized spacial score (nSPS) is 13.3. The number of aromatic nitrogens is 1. The molecule has 8 heteroatoms. The van der Waals surface area contributed by atoms with E-state index in [1.54, 1.807) is 27.3 Å². The smallest absolute Gasteiger partial charge is 0.244 e. The summed E-state index contributed by atoms with van der Waals surface area (Å²) in [7, 11) is -0.405. The molecule has 0 saturated heterocycles. The second-order valence-corrected chi connectivity index (χ2v) is 6.65. The predicted octanol–water partition coefficient (Wildman–Crippen LogP) is 1.59. The zero-order valence-corrected chi connectivity index (χ0v) is 13.5. The lowest BCUT2D eigenvalue weighted by molar-refractivity contribution is 0.188. The molecule has 0 saturated carbocycles. The molecule has 1 unspecified atom stereocenters. The van der Waals surface area contributed by atoms with Crippen molar-refractivity contribution in [2.24, 2.45) is 0 Å². The summed E-state index contributed by atoms with van der Waals surface area (Å²) in [6.45, 7) is 2.29. The summed E-state index contributed by atoms with van der Waals surface area (Å²) >= 11 is 3.22. The van der Waals surface area contributed by atoms with Crippen molar-refractivity contribution in [2.45, 2.75) is 24.3 Å². The molecular formula is C11H18BrN3O3S. The van der Waals surface area contributed by atoms with Crippen molar-refractivity contribution >= 4 is 31.8 Å². The SMILES string of the molecule is CNc1ncc(Br)cc1S(=O)(=O)NC(C)CCOC. The average molecular weight is 352 g/mol. The van der Waals surface area contributed by atoms with Gasteiger partial charge in [0.1, 0.15) is 10.7 Å². The minimum absolute atomic E-state index is 0.119. The van der Waals surface area contributed by atoms with Crippen LogP contribution in [0.2, 0.25) is 0 Å². The van der Waals surface area contributed by atoms with E-state index in [0.29, 0.717) is 23.3 Å². The molecule has 2 N–H and O–H groups in total. The molecule has 0 amide bonds. The Morgan fingerprint density at radius 3 is 2.79 bits per heavy atom. The quantitative estimate of drug-likeness (QED) is 0.779. The minimum atomic E-state index is -3.62. The summed E-state index contributed by atoms with van der Waals surface area (Å²) in [5.41, 5.74) is 0. The predicted molar refractivity (Wildman–Crippen MR) is 77.8 cm³/mol. The average Bonchev–Trinajstić information content (AvgIpc) is 2.35. The fourth-order valence-corrected chi connectivity index (χ4v) is 3.44. The monoisotopic (exact) mass is 351 g/mol. The van der Waals surface area contributed by atoms with Crippen LogP contribution in [0.15, 0.2) is 21.6 Å². The molecule has 1 heterocycles. The van der Waals surface area contributed by atoms with Crippen LogP contribution in [-0.4, -0.2) is 40.2 Å². The van der Waals surface area contributed by atoms with Crippen LogP contribution < -0.4 is 10.0 Å². The number of rotatable bonds is 7. The van der Waals surface area contributed by atoms with Crippen LogP contribution in [0, 0.1) is 0 Å². The van der Waals surface area contributed by atoms with Crippen LogP contribution in [-0.2, 0) is 14.8 Å². The maximum absolute atomic E-state index is 12.3. The van der Waals surface area contributed by atoms with Crippen LogP contribution >= 0.6 is 15.9 Å². The largest absolute Gasteiger partial charge is 0.385 e. The van der Waals surface area contributed by atoms with Gasteiger partial charge >= 0.3 is 0 Å². The third-order valence-corrected chi connectivity index (χ3v) is 4.49. The molecule has 1 aromatic heterocycles. The van der Waals surface area contributed by atoms with Gasteiger partial charge in [-0.05, 0) is 35.3 Å². The highest BCUT2D eigenvalue weighted by Crippen LogP contribution is 2.22. The Morgan fingerprint density at radius 1 is 1.53 bits per heavy atom. The summed E-state index contributed by atoms with van der Waals surface area (Å²) in [4.78, 5) is 4.15. The van der Waals surface area contributed by atoms with E-state index in [2.05, 4.69) is 31.0 Å². The number of halogens is 1. The fraction of sp³-hybridized carbons (Fsp3) is 0.545. The maximum atomic E-state index is 12.3. The second-order valence-electron chi connectivity index (χ2n) is 4.05. The summed E-state index contributed by atoms with van der Waals surface area (Å²) in [6, 6.07) is 1.30. The molecule has 0 aliphatic carbocycles. The summed E-state index contributed by atoms with van der Waals surface area (Å²) < 4.78 is 32.7. The molecule has 1 aromatic rings. The topological polar surface area (TPSA) is 80.3 Å². The molecule has 0 fully saturated rings. The van der Waals surface area contributed by atoms with Crippen molar-refractivity contribution in [2.75, 3.05) is 26.1 Å². The van der Waals surface area contributed by atoms with Gasteiger partial charge in [0.25, 0.3) is 0 Å². The number of nitrogens with one attached hydrogen (secondary N) is 2. The van der Waals surface area contributed by atoms with E-state index >= 15 is 0 Å². The first-order valence-electron chi connectivity index (χ1n) is 5.75. The molecule has 1 rings (SSSR count). The highest BCUT2D eigenvalue weighted by atomic mass is 79.9. The Labute approximate surface area is 122 Å². The van der Waals surface area contributed by atoms with Crippen molar-refractivity contribution in [3.63, 3.8) is 0 Å². The number of hydrogen-bond donors (Lipinski definition) is 2. The van der Waals surface area contributed by atoms with Gasteiger partial charge in [-0.15, -0.1) is 0 Å². The van der Waals surface area contributed by atoms with Crippen molar-refractivity contribution in [3.8, 4) is 0 Å². The van der Waals surface area contributed by atoms with Gasteiger partial charge in [0.2, 0.25) is 10.0 Å². The third kappa shape index (κ3) is 4.72. The van der Waals surface area contributed by atoms with Crippen molar-refractivity contribution in [1.29, 1.82) is 0 Å². The van der Waals surface area contributed by atoms with Crippen LogP contribution in [0.1, 0.15) is 13.3 Å². The Morgan fingerprint density at radius 2 is 2.21 bits per heavy atom. The first-order valence-corrected chi connectivity index (χ1v) is 8.03. The van der Waals surface area contributed by atoms with E-state index in [4.69, 9.17) is 4.74 Å². The van der Waals surface area contributed by atoms with E-state index in [1.807, 2.05) is 0 Å². The summed E-state index contributed by atoms with van der Waals surface area (Å²) in [6.07, 6.45) is 2.14. The Kier molecular flexibility index (Phi) is 6.18. The second kappa shape index (κ2) is 7.18. The number of hydrogen-bond acceptors (Lipinski definition) is 5. The van der Waals surface area contributed by atoms with E-state index in [0.717, 1.165) is 0 Å². The first-order chi connectivity index (χ1) is 8.90. The van der Waals surface area contributed by atoms with Crippen molar-refractivity contribution in [3.05, 3.63) is 16.7 Å². The highest BCUT2D eigenvalue weighted by Gasteiger charge is 2.21. The summed E-state index contributed by atoms with van der Waals surface area (Å²) in [5.74, 6) is 0.314. The van der Waals surface area contributed by atoms with Gasteiger partial charge in [0, 0.05) is 37.5 Å². The molecule has 108 valence electrons.